The SMILES string of the molecule is C[C@@H](CCOc1ccccc1-c1ccccc1-c1c(Cl)cccc1[P+](=O)c1cccc(Cl)c1)Oc1ccccc1[P+](=O)c1ccccc1. The first-order valence-corrected chi connectivity index (χ1v) is 18.8. The average Bonchev–Trinajstić information content (AvgIpc) is 3.12. The molecule has 238 valence electrons. The van der Waals surface area contributed by atoms with Gasteiger partial charge in [-0.25, -0.2) is 0 Å². The number of rotatable bonds is 12. The molecule has 2 unspecified atom stereocenters. The van der Waals surface area contributed by atoms with E-state index in [0.29, 0.717) is 56.0 Å². The number of ether oxygens (including phenoxy) is 2. The van der Waals surface area contributed by atoms with Crippen molar-refractivity contribution in [1.82, 2.24) is 0 Å². The first-order chi connectivity index (χ1) is 23.4. The summed E-state index contributed by atoms with van der Waals surface area (Å²) in [7, 11) is -3.76. The van der Waals surface area contributed by atoms with Crippen LogP contribution in [0.5, 0.6) is 11.5 Å². The highest BCUT2D eigenvalue weighted by Crippen LogP contribution is 2.41. The van der Waals surface area contributed by atoms with Gasteiger partial charge in [0.1, 0.15) is 5.75 Å². The minimum absolute atomic E-state index is 0.196. The minimum atomic E-state index is -1.98. The van der Waals surface area contributed by atoms with Crippen molar-refractivity contribution in [1.29, 1.82) is 0 Å². The number of hydrogen-bond donors (Lipinski definition) is 0. The minimum Gasteiger partial charge on any atom is -0.493 e. The molecule has 4 nitrogen and oxygen atoms in total. The van der Waals surface area contributed by atoms with Gasteiger partial charge in [-0.2, -0.15) is 0 Å². The van der Waals surface area contributed by atoms with Crippen molar-refractivity contribution in [3.8, 4) is 33.8 Å². The van der Waals surface area contributed by atoms with Gasteiger partial charge in [0.2, 0.25) is 10.6 Å². The molecule has 0 aliphatic carbocycles. The van der Waals surface area contributed by atoms with Gasteiger partial charge >= 0.3 is 15.6 Å². The second-order valence-corrected chi connectivity index (χ2v) is 15.1. The summed E-state index contributed by atoms with van der Waals surface area (Å²) >= 11 is 13.1. The zero-order valence-corrected chi connectivity index (χ0v) is 29.4. The molecule has 0 fully saturated rings. The molecule has 0 saturated carbocycles. The molecule has 0 N–H and O–H groups in total. The second-order valence-electron chi connectivity index (χ2n) is 11.1. The second kappa shape index (κ2) is 15.7. The summed E-state index contributed by atoms with van der Waals surface area (Å²) in [6, 6.07) is 45.3. The highest BCUT2D eigenvalue weighted by atomic mass is 35.5. The summed E-state index contributed by atoms with van der Waals surface area (Å²) in [4.78, 5) is 0. The zero-order chi connectivity index (χ0) is 33.5. The lowest BCUT2D eigenvalue weighted by molar-refractivity contribution is 0.178. The molecule has 0 bridgehead atoms. The first kappa shape index (κ1) is 33.6. The lowest BCUT2D eigenvalue weighted by atomic mass is 9.94. The van der Waals surface area contributed by atoms with Crippen LogP contribution in [0.4, 0.5) is 0 Å². The zero-order valence-electron chi connectivity index (χ0n) is 26.1. The van der Waals surface area contributed by atoms with Crippen molar-refractivity contribution in [3.05, 3.63) is 156 Å². The van der Waals surface area contributed by atoms with E-state index < -0.39 is 15.6 Å². The van der Waals surface area contributed by atoms with Crippen LogP contribution in [0.2, 0.25) is 10.0 Å². The quantitative estimate of drug-likeness (QED) is 0.119. The Balaban J connectivity index is 1.23. The van der Waals surface area contributed by atoms with E-state index in [1.165, 1.54) is 0 Å². The fraction of sp³-hybridized carbons (Fsp3) is 0.100. The predicted molar refractivity (Wildman–Crippen MR) is 201 cm³/mol. The highest BCUT2D eigenvalue weighted by Gasteiger charge is 2.31. The standard InChI is InChI=1S/C40H32Cl2O4P2/c1-28(46-37-22-9-10-23-38(37)47(43)30-14-3-2-4-15-30)25-26-45-36-21-8-7-18-33(36)32-17-5-6-19-34(32)40-35(42)20-12-24-39(40)48(44)31-16-11-13-29(41)27-31/h2-24,27-28H,25-26H2,1H3/q+2/t28-/m0/s1. The molecule has 0 spiro atoms. The average molecular weight is 710 g/mol. The third kappa shape index (κ3) is 7.70. The van der Waals surface area contributed by atoms with E-state index in [1.54, 1.807) is 18.2 Å². The van der Waals surface area contributed by atoms with Gasteiger partial charge in [0.15, 0.2) is 16.4 Å². The van der Waals surface area contributed by atoms with Gasteiger partial charge in [0.05, 0.1) is 23.3 Å². The van der Waals surface area contributed by atoms with E-state index in [2.05, 4.69) is 0 Å². The van der Waals surface area contributed by atoms with Crippen LogP contribution in [-0.4, -0.2) is 12.7 Å². The van der Waals surface area contributed by atoms with Crippen molar-refractivity contribution in [2.24, 2.45) is 0 Å². The van der Waals surface area contributed by atoms with Gasteiger partial charge in [-0.05, 0) is 72.6 Å². The molecule has 6 aromatic carbocycles. The number of para-hydroxylation sites is 2. The molecule has 6 aromatic rings. The smallest absolute Gasteiger partial charge is 0.419 e. The summed E-state index contributed by atoms with van der Waals surface area (Å²) in [6.07, 6.45) is 0.402. The molecule has 0 heterocycles. The third-order valence-electron chi connectivity index (χ3n) is 7.81. The Labute approximate surface area is 292 Å². The lowest BCUT2D eigenvalue weighted by Gasteiger charge is -2.18. The van der Waals surface area contributed by atoms with E-state index in [9.17, 15) is 9.13 Å². The van der Waals surface area contributed by atoms with Crippen LogP contribution in [-0.2, 0) is 9.13 Å². The van der Waals surface area contributed by atoms with Crippen LogP contribution in [0.25, 0.3) is 22.3 Å². The molecule has 0 radical (unpaired) electrons. The fourth-order valence-electron chi connectivity index (χ4n) is 5.48. The molecular formula is C40H32Cl2O4P2+2. The van der Waals surface area contributed by atoms with Crippen molar-refractivity contribution < 1.29 is 18.6 Å². The van der Waals surface area contributed by atoms with Crippen molar-refractivity contribution in [3.63, 3.8) is 0 Å². The molecule has 0 aromatic heterocycles. The van der Waals surface area contributed by atoms with E-state index in [0.717, 1.165) is 22.0 Å². The number of hydrogen-bond acceptors (Lipinski definition) is 4. The van der Waals surface area contributed by atoms with Crippen LogP contribution < -0.4 is 30.7 Å². The fourth-order valence-corrected chi connectivity index (χ4v) is 8.78. The van der Waals surface area contributed by atoms with Gasteiger partial charge < -0.3 is 9.47 Å². The Morgan fingerprint density at radius 1 is 0.583 bits per heavy atom. The summed E-state index contributed by atoms with van der Waals surface area (Å²) in [5, 5.41) is 3.72. The van der Waals surface area contributed by atoms with Gasteiger partial charge in [-0.1, -0.05) is 117 Å². The number of benzene rings is 6. The maximum Gasteiger partial charge on any atom is 0.419 e. The largest absolute Gasteiger partial charge is 0.493 e. The maximum atomic E-state index is 13.9. The molecule has 0 aliphatic heterocycles. The maximum absolute atomic E-state index is 13.9. The summed E-state index contributed by atoms with van der Waals surface area (Å²) in [6.45, 7) is 2.38. The van der Waals surface area contributed by atoms with Gasteiger partial charge in [0.25, 0.3) is 0 Å². The van der Waals surface area contributed by atoms with Crippen LogP contribution in [0, 0.1) is 0 Å². The predicted octanol–water partition coefficient (Wildman–Crippen LogP) is 10.1. The molecular weight excluding hydrogens is 677 g/mol. The van der Waals surface area contributed by atoms with E-state index in [-0.39, 0.29) is 6.10 Å². The highest BCUT2D eigenvalue weighted by molar-refractivity contribution is 7.62. The molecule has 48 heavy (non-hydrogen) atoms. The topological polar surface area (TPSA) is 52.6 Å². The molecule has 6 rings (SSSR count). The Morgan fingerprint density at radius 2 is 1.17 bits per heavy atom. The normalized spacial score (nSPS) is 12.2. The summed E-state index contributed by atoms with van der Waals surface area (Å²) in [5.74, 6) is 1.31. The Bertz CT molecular complexity index is 2080. The molecule has 8 heteroatoms. The molecule has 0 amide bonds. The molecule has 0 aliphatic rings. The van der Waals surface area contributed by atoms with E-state index in [1.807, 2.05) is 134 Å². The monoisotopic (exact) mass is 708 g/mol. The van der Waals surface area contributed by atoms with E-state index >= 15 is 0 Å². The number of halogens is 2. The Hall–Kier alpha value is -4.30. The summed E-state index contributed by atoms with van der Waals surface area (Å²) < 4.78 is 39.9. The summed E-state index contributed by atoms with van der Waals surface area (Å²) in [5.41, 5.74) is 3.34. The Morgan fingerprint density at radius 3 is 1.94 bits per heavy atom. The molecule has 3 atom stereocenters. The molecule has 0 saturated heterocycles. The lowest BCUT2D eigenvalue weighted by Crippen LogP contribution is -2.19. The van der Waals surface area contributed by atoms with Crippen molar-refractivity contribution in [2.75, 3.05) is 6.61 Å². The third-order valence-corrected chi connectivity index (χ3v) is 11.5. The van der Waals surface area contributed by atoms with Crippen molar-refractivity contribution in [2.45, 2.75) is 19.4 Å². The van der Waals surface area contributed by atoms with Crippen LogP contribution in [0.3, 0.4) is 0 Å². The Kier molecular flexibility index (Phi) is 11.0. The van der Waals surface area contributed by atoms with E-state index in [4.69, 9.17) is 32.7 Å². The first-order valence-electron chi connectivity index (χ1n) is 15.5. The van der Waals surface area contributed by atoms with Gasteiger partial charge in [-0.3, -0.25) is 0 Å². The van der Waals surface area contributed by atoms with Gasteiger partial charge in [0, 0.05) is 23.1 Å². The van der Waals surface area contributed by atoms with Crippen LogP contribution >= 0.6 is 38.8 Å². The van der Waals surface area contributed by atoms with Gasteiger partial charge in [-0.15, -0.1) is 0 Å². The van der Waals surface area contributed by atoms with Crippen LogP contribution in [0.15, 0.2) is 146 Å². The van der Waals surface area contributed by atoms with Crippen molar-refractivity contribution >= 4 is 60.0 Å². The van der Waals surface area contributed by atoms with Crippen LogP contribution in [0.1, 0.15) is 13.3 Å².